The first kappa shape index (κ1) is 17.4. The zero-order valence-electron chi connectivity index (χ0n) is 14.2. The Balaban J connectivity index is 1.40. The third kappa shape index (κ3) is 5.00. The molecule has 0 spiro atoms. The van der Waals surface area contributed by atoms with Gasteiger partial charge in [-0.05, 0) is 54.0 Å². The van der Waals surface area contributed by atoms with E-state index in [0.29, 0.717) is 24.9 Å². The summed E-state index contributed by atoms with van der Waals surface area (Å²) in [6.07, 6.45) is 0.862. The molecule has 2 aromatic rings. The lowest BCUT2D eigenvalue weighted by Crippen LogP contribution is -2.35. The van der Waals surface area contributed by atoms with Gasteiger partial charge in [-0.2, -0.15) is 0 Å². The fourth-order valence-electron chi connectivity index (χ4n) is 2.55. The van der Waals surface area contributed by atoms with Crippen LogP contribution in [0.4, 0.5) is 0 Å². The molecule has 1 aliphatic heterocycles. The van der Waals surface area contributed by atoms with Crippen LogP contribution in [-0.4, -0.2) is 32.0 Å². The van der Waals surface area contributed by atoms with Gasteiger partial charge in [-0.15, -0.1) is 0 Å². The van der Waals surface area contributed by atoms with Crippen molar-refractivity contribution in [2.45, 2.75) is 13.0 Å². The van der Waals surface area contributed by atoms with Gasteiger partial charge in [0.15, 0.2) is 16.6 Å². The summed E-state index contributed by atoms with van der Waals surface area (Å²) in [4.78, 5) is 0. The number of hydrogen-bond acceptors (Lipinski definition) is 4. The molecule has 6 heteroatoms. The summed E-state index contributed by atoms with van der Waals surface area (Å²) in [5.41, 5.74) is 2.34. The average Bonchev–Trinajstić information content (AvgIpc) is 2.66. The highest BCUT2D eigenvalue weighted by Gasteiger charge is 2.11. The van der Waals surface area contributed by atoms with Gasteiger partial charge < -0.3 is 24.8 Å². The summed E-state index contributed by atoms with van der Waals surface area (Å²) >= 11 is 5.32. The van der Waals surface area contributed by atoms with Crippen molar-refractivity contribution >= 4 is 17.3 Å². The molecule has 0 amide bonds. The molecule has 0 saturated heterocycles. The predicted octanol–water partition coefficient (Wildman–Crippen LogP) is 2.67. The van der Waals surface area contributed by atoms with Gasteiger partial charge in [-0.1, -0.05) is 18.2 Å². The fourth-order valence-corrected chi connectivity index (χ4v) is 2.73. The molecule has 0 bridgehead atoms. The second-order valence-corrected chi connectivity index (χ2v) is 6.09. The molecule has 0 aliphatic carbocycles. The summed E-state index contributed by atoms with van der Waals surface area (Å²) in [5, 5.41) is 7.08. The molecule has 132 valence electrons. The summed E-state index contributed by atoms with van der Waals surface area (Å²) < 4.78 is 16.3. The van der Waals surface area contributed by atoms with E-state index in [4.69, 9.17) is 26.4 Å². The van der Waals surface area contributed by atoms with E-state index in [1.54, 1.807) is 7.11 Å². The molecule has 25 heavy (non-hydrogen) atoms. The lowest BCUT2D eigenvalue weighted by atomic mass is 10.1. The van der Waals surface area contributed by atoms with Crippen LogP contribution in [0.5, 0.6) is 17.2 Å². The number of ether oxygens (including phenoxy) is 3. The first-order valence-corrected chi connectivity index (χ1v) is 8.68. The fraction of sp³-hybridized carbons (Fsp3) is 0.316. The first-order chi connectivity index (χ1) is 12.2. The standard InChI is InChI=1S/C19H22N2O3S/c1-22-16-5-2-15(3-6-16)13-21-19(25)20-9-8-14-4-7-17-18(12-14)24-11-10-23-17/h2-7,12H,8-11,13H2,1H3,(H2,20,21,25). The lowest BCUT2D eigenvalue weighted by molar-refractivity contribution is 0.171. The maximum atomic E-state index is 5.60. The highest BCUT2D eigenvalue weighted by Crippen LogP contribution is 2.30. The maximum Gasteiger partial charge on any atom is 0.166 e. The zero-order chi connectivity index (χ0) is 17.5. The molecule has 2 N–H and O–H groups in total. The van der Waals surface area contributed by atoms with Crippen molar-refractivity contribution in [2.75, 3.05) is 26.9 Å². The van der Waals surface area contributed by atoms with Gasteiger partial charge in [0.2, 0.25) is 0 Å². The number of hydrogen-bond donors (Lipinski definition) is 2. The normalized spacial score (nSPS) is 12.4. The topological polar surface area (TPSA) is 51.8 Å². The minimum Gasteiger partial charge on any atom is -0.497 e. The second kappa shape index (κ2) is 8.58. The van der Waals surface area contributed by atoms with Crippen LogP contribution in [-0.2, 0) is 13.0 Å². The van der Waals surface area contributed by atoms with Crippen LogP contribution in [0.25, 0.3) is 0 Å². The largest absolute Gasteiger partial charge is 0.497 e. The Hall–Kier alpha value is -2.47. The SMILES string of the molecule is COc1ccc(CNC(=S)NCCc2ccc3c(c2)OCCO3)cc1. The van der Waals surface area contributed by atoms with Gasteiger partial charge in [-0.3, -0.25) is 0 Å². The van der Waals surface area contributed by atoms with E-state index in [1.807, 2.05) is 36.4 Å². The minimum atomic E-state index is 0.605. The maximum absolute atomic E-state index is 5.60. The molecule has 0 radical (unpaired) electrons. The van der Waals surface area contributed by atoms with Crippen molar-refractivity contribution in [1.29, 1.82) is 0 Å². The third-order valence-electron chi connectivity index (χ3n) is 3.92. The Bertz CT molecular complexity index is 719. The zero-order valence-corrected chi connectivity index (χ0v) is 15.0. The van der Waals surface area contributed by atoms with Gasteiger partial charge in [0.05, 0.1) is 7.11 Å². The summed E-state index contributed by atoms with van der Waals surface area (Å²) in [6, 6.07) is 14.0. The minimum absolute atomic E-state index is 0.605. The van der Waals surface area contributed by atoms with Crippen LogP contribution in [0, 0.1) is 0 Å². The average molecular weight is 358 g/mol. The first-order valence-electron chi connectivity index (χ1n) is 8.28. The van der Waals surface area contributed by atoms with Gasteiger partial charge in [-0.25, -0.2) is 0 Å². The van der Waals surface area contributed by atoms with Crippen molar-refractivity contribution in [2.24, 2.45) is 0 Å². The van der Waals surface area contributed by atoms with Gasteiger partial charge >= 0.3 is 0 Å². The van der Waals surface area contributed by atoms with Crippen molar-refractivity contribution in [3.8, 4) is 17.2 Å². The predicted molar refractivity (Wildman–Crippen MR) is 102 cm³/mol. The Morgan fingerprint density at radius 2 is 1.72 bits per heavy atom. The number of methoxy groups -OCH3 is 1. The number of fused-ring (bicyclic) bond motifs is 1. The molecule has 1 heterocycles. The molecule has 1 aliphatic rings. The number of rotatable bonds is 6. The van der Waals surface area contributed by atoms with Crippen LogP contribution in [0.3, 0.4) is 0 Å². The van der Waals surface area contributed by atoms with E-state index in [1.165, 1.54) is 5.56 Å². The highest BCUT2D eigenvalue weighted by atomic mass is 32.1. The molecule has 0 fully saturated rings. The van der Waals surface area contributed by atoms with Gasteiger partial charge in [0.25, 0.3) is 0 Å². The summed E-state index contributed by atoms with van der Waals surface area (Å²) in [7, 11) is 1.66. The van der Waals surface area contributed by atoms with Crippen molar-refractivity contribution in [3.63, 3.8) is 0 Å². The molecule has 0 unspecified atom stereocenters. The van der Waals surface area contributed by atoms with E-state index in [2.05, 4.69) is 16.7 Å². The van der Waals surface area contributed by atoms with E-state index in [9.17, 15) is 0 Å². The van der Waals surface area contributed by atoms with Crippen molar-refractivity contribution < 1.29 is 14.2 Å². The quantitative estimate of drug-likeness (QED) is 0.775. The highest BCUT2D eigenvalue weighted by molar-refractivity contribution is 7.80. The van der Waals surface area contributed by atoms with Gasteiger partial charge in [0.1, 0.15) is 19.0 Å². The Kier molecular flexibility index (Phi) is 5.95. The Morgan fingerprint density at radius 3 is 2.48 bits per heavy atom. The molecule has 0 aromatic heterocycles. The van der Waals surface area contributed by atoms with Crippen LogP contribution in [0.2, 0.25) is 0 Å². The Morgan fingerprint density at radius 1 is 1.00 bits per heavy atom. The molecular weight excluding hydrogens is 336 g/mol. The smallest absolute Gasteiger partial charge is 0.166 e. The summed E-state index contributed by atoms with van der Waals surface area (Å²) in [6.45, 7) is 2.66. The Labute approximate surface area is 153 Å². The molecule has 0 saturated carbocycles. The third-order valence-corrected chi connectivity index (χ3v) is 4.21. The van der Waals surface area contributed by atoms with Crippen LogP contribution >= 0.6 is 12.2 Å². The molecule has 0 atom stereocenters. The molecular formula is C19H22N2O3S. The molecule has 5 nitrogen and oxygen atoms in total. The number of benzene rings is 2. The molecule has 2 aromatic carbocycles. The van der Waals surface area contributed by atoms with E-state index in [-0.39, 0.29) is 0 Å². The monoisotopic (exact) mass is 358 g/mol. The van der Waals surface area contributed by atoms with Crippen molar-refractivity contribution in [3.05, 3.63) is 53.6 Å². The number of nitrogens with one attached hydrogen (secondary N) is 2. The summed E-state index contributed by atoms with van der Waals surface area (Å²) in [5.74, 6) is 2.49. The van der Waals surface area contributed by atoms with Crippen LogP contribution in [0.1, 0.15) is 11.1 Å². The van der Waals surface area contributed by atoms with E-state index >= 15 is 0 Å². The second-order valence-electron chi connectivity index (χ2n) is 5.69. The van der Waals surface area contributed by atoms with Crippen LogP contribution in [0.15, 0.2) is 42.5 Å². The number of thiocarbonyl (C=S) groups is 1. The lowest BCUT2D eigenvalue weighted by Gasteiger charge is -2.19. The van der Waals surface area contributed by atoms with Crippen molar-refractivity contribution in [1.82, 2.24) is 10.6 Å². The molecule has 3 rings (SSSR count). The van der Waals surface area contributed by atoms with E-state index in [0.717, 1.165) is 35.8 Å². The van der Waals surface area contributed by atoms with Gasteiger partial charge in [0, 0.05) is 13.1 Å². The van der Waals surface area contributed by atoms with E-state index < -0.39 is 0 Å². The van der Waals surface area contributed by atoms with Crippen LogP contribution < -0.4 is 24.8 Å².